The van der Waals surface area contributed by atoms with Crippen molar-refractivity contribution in [3.8, 4) is 5.88 Å². The average molecular weight is 211 g/mol. The lowest BCUT2D eigenvalue weighted by molar-refractivity contribution is 0.210. The molecule has 0 spiro atoms. The van der Waals surface area contributed by atoms with Crippen LogP contribution >= 0.6 is 0 Å². The minimum absolute atomic E-state index is 0.117. The lowest BCUT2D eigenvalue weighted by Gasteiger charge is -2.09. The Morgan fingerprint density at radius 1 is 1.47 bits per heavy atom. The Hall–Kier alpha value is -1.36. The molecule has 0 saturated heterocycles. The Morgan fingerprint density at radius 2 is 2.27 bits per heavy atom. The van der Waals surface area contributed by atoms with Crippen LogP contribution in [0.4, 0.5) is 5.95 Å². The first-order valence-electron chi connectivity index (χ1n) is 4.95. The standard InChI is InChI=1S/C10H17N3O2/c1-8(2)15-9-4-5-11-10(13-9)12-6-7-14-3/h4-5,8H,6-7H2,1-3H3,(H,11,12,13). The van der Waals surface area contributed by atoms with E-state index in [2.05, 4.69) is 15.3 Å². The van der Waals surface area contributed by atoms with Gasteiger partial charge < -0.3 is 14.8 Å². The third kappa shape index (κ3) is 4.60. The Kier molecular flexibility index (Phi) is 4.83. The van der Waals surface area contributed by atoms with Crippen LogP contribution in [0, 0.1) is 0 Å². The monoisotopic (exact) mass is 211 g/mol. The van der Waals surface area contributed by atoms with Crippen molar-refractivity contribution < 1.29 is 9.47 Å². The highest BCUT2D eigenvalue weighted by molar-refractivity contribution is 5.27. The zero-order valence-electron chi connectivity index (χ0n) is 9.36. The molecular formula is C10H17N3O2. The topological polar surface area (TPSA) is 56.3 Å². The molecule has 15 heavy (non-hydrogen) atoms. The summed E-state index contributed by atoms with van der Waals surface area (Å²) in [5, 5.41) is 3.03. The molecule has 1 heterocycles. The summed E-state index contributed by atoms with van der Waals surface area (Å²) >= 11 is 0. The van der Waals surface area contributed by atoms with Crippen molar-refractivity contribution in [1.29, 1.82) is 0 Å². The fourth-order valence-electron chi connectivity index (χ4n) is 0.999. The normalized spacial score (nSPS) is 10.4. The molecule has 1 N–H and O–H groups in total. The summed E-state index contributed by atoms with van der Waals surface area (Å²) in [7, 11) is 1.65. The lowest BCUT2D eigenvalue weighted by Crippen LogP contribution is -2.12. The summed E-state index contributed by atoms with van der Waals surface area (Å²) < 4.78 is 10.3. The minimum Gasteiger partial charge on any atom is -0.475 e. The molecule has 0 radical (unpaired) electrons. The van der Waals surface area contributed by atoms with Gasteiger partial charge in [0.25, 0.3) is 0 Å². The van der Waals surface area contributed by atoms with E-state index in [1.165, 1.54) is 0 Å². The zero-order valence-corrected chi connectivity index (χ0v) is 9.36. The first-order valence-corrected chi connectivity index (χ1v) is 4.95. The van der Waals surface area contributed by atoms with Crippen LogP contribution in [-0.2, 0) is 4.74 Å². The van der Waals surface area contributed by atoms with Gasteiger partial charge in [0, 0.05) is 25.9 Å². The number of aromatic nitrogens is 2. The number of nitrogens with one attached hydrogen (secondary N) is 1. The number of rotatable bonds is 6. The summed E-state index contributed by atoms with van der Waals surface area (Å²) in [5.74, 6) is 1.14. The van der Waals surface area contributed by atoms with Crippen molar-refractivity contribution in [3.63, 3.8) is 0 Å². The van der Waals surface area contributed by atoms with Crippen LogP contribution in [0.3, 0.4) is 0 Å². The highest BCUT2D eigenvalue weighted by atomic mass is 16.5. The summed E-state index contributed by atoms with van der Waals surface area (Å²) in [5.41, 5.74) is 0. The smallest absolute Gasteiger partial charge is 0.226 e. The summed E-state index contributed by atoms with van der Waals surface area (Å²) in [6.07, 6.45) is 1.78. The molecule has 0 atom stereocenters. The highest BCUT2D eigenvalue weighted by Gasteiger charge is 2.01. The predicted octanol–water partition coefficient (Wildman–Crippen LogP) is 1.32. The van der Waals surface area contributed by atoms with E-state index < -0.39 is 0 Å². The van der Waals surface area contributed by atoms with Crippen molar-refractivity contribution in [3.05, 3.63) is 12.3 Å². The van der Waals surface area contributed by atoms with Crippen molar-refractivity contribution in [2.45, 2.75) is 20.0 Å². The van der Waals surface area contributed by atoms with Gasteiger partial charge in [-0.3, -0.25) is 0 Å². The van der Waals surface area contributed by atoms with Gasteiger partial charge in [-0.05, 0) is 13.8 Å². The molecule has 5 nitrogen and oxygen atoms in total. The van der Waals surface area contributed by atoms with Crippen LogP contribution in [0.5, 0.6) is 5.88 Å². The van der Waals surface area contributed by atoms with Crippen molar-refractivity contribution >= 4 is 5.95 Å². The first-order chi connectivity index (χ1) is 7.22. The van der Waals surface area contributed by atoms with Crippen molar-refractivity contribution in [1.82, 2.24) is 9.97 Å². The number of hydrogen-bond donors (Lipinski definition) is 1. The van der Waals surface area contributed by atoms with Crippen LogP contribution in [0.25, 0.3) is 0 Å². The van der Waals surface area contributed by atoms with E-state index in [4.69, 9.17) is 9.47 Å². The predicted molar refractivity (Wildman–Crippen MR) is 58.2 cm³/mol. The second-order valence-electron chi connectivity index (χ2n) is 3.30. The van der Waals surface area contributed by atoms with Crippen LogP contribution in [0.1, 0.15) is 13.8 Å². The first kappa shape index (κ1) is 11.7. The number of methoxy groups -OCH3 is 1. The van der Waals surface area contributed by atoms with E-state index in [1.54, 1.807) is 19.4 Å². The van der Waals surface area contributed by atoms with Crippen LogP contribution in [0.15, 0.2) is 12.3 Å². The minimum atomic E-state index is 0.117. The van der Waals surface area contributed by atoms with E-state index >= 15 is 0 Å². The molecule has 0 aliphatic rings. The van der Waals surface area contributed by atoms with Crippen molar-refractivity contribution in [2.75, 3.05) is 25.6 Å². The number of ether oxygens (including phenoxy) is 2. The van der Waals surface area contributed by atoms with E-state index in [0.29, 0.717) is 25.0 Å². The summed E-state index contributed by atoms with van der Waals surface area (Å²) in [6, 6.07) is 1.74. The van der Waals surface area contributed by atoms with E-state index in [9.17, 15) is 0 Å². The number of nitrogens with zero attached hydrogens (tertiary/aromatic N) is 2. The largest absolute Gasteiger partial charge is 0.475 e. The quantitative estimate of drug-likeness (QED) is 0.719. The molecule has 1 rings (SSSR count). The number of anilines is 1. The molecule has 0 bridgehead atoms. The Labute approximate surface area is 89.8 Å². The van der Waals surface area contributed by atoms with Crippen LogP contribution < -0.4 is 10.1 Å². The lowest BCUT2D eigenvalue weighted by atomic mass is 10.5. The maximum atomic E-state index is 5.44. The highest BCUT2D eigenvalue weighted by Crippen LogP contribution is 2.09. The van der Waals surface area contributed by atoms with Gasteiger partial charge in [0.2, 0.25) is 11.8 Å². The molecule has 0 fully saturated rings. The fourth-order valence-corrected chi connectivity index (χ4v) is 0.999. The Bertz CT molecular complexity index is 292. The fraction of sp³-hybridized carbons (Fsp3) is 0.600. The maximum absolute atomic E-state index is 5.44. The third-order valence-corrected chi connectivity index (χ3v) is 1.58. The maximum Gasteiger partial charge on any atom is 0.226 e. The molecule has 1 aromatic heterocycles. The van der Waals surface area contributed by atoms with Gasteiger partial charge in [0.1, 0.15) is 0 Å². The summed E-state index contributed by atoms with van der Waals surface area (Å²) in [6.45, 7) is 5.22. The van der Waals surface area contributed by atoms with Crippen LogP contribution in [-0.4, -0.2) is 36.3 Å². The van der Waals surface area contributed by atoms with Gasteiger partial charge in [-0.1, -0.05) is 0 Å². The second-order valence-corrected chi connectivity index (χ2v) is 3.30. The molecular weight excluding hydrogens is 194 g/mol. The van der Waals surface area contributed by atoms with E-state index in [-0.39, 0.29) is 6.10 Å². The molecule has 5 heteroatoms. The molecule has 84 valence electrons. The zero-order chi connectivity index (χ0) is 11.1. The van der Waals surface area contributed by atoms with Gasteiger partial charge in [0.15, 0.2) is 0 Å². The van der Waals surface area contributed by atoms with Gasteiger partial charge in [-0.15, -0.1) is 0 Å². The SMILES string of the molecule is COCCNc1nccc(OC(C)C)n1. The van der Waals surface area contributed by atoms with Gasteiger partial charge in [0.05, 0.1) is 12.7 Å². The van der Waals surface area contributed by atoms with Gasteiger partial charge >= 0.3 is 0 Å². The van der Waals surface area contributed by atoms with Crippen LogP contribution in [0.2, 0.25) is 0 Å². The van der Waals surface area contributed by atoms with E-state index in [0.717, 1.165) is 0 Å². The molecule has 0 aromatic carbocycles. The van der Waals surface area contributed by atoms with Crippen molar-refractivity contribution in [2.24, 2.45) is 0 Å². The average Bonchev–Trinajstić information content (AvgIpc) is 2.18. The Balaban J connectivity index is 2.50. The molecule has 0 amide bonds. The molecule has 0 unspecified atom stereocenters. The van der Waals surface area contributed by atoms with E-state index in [1.807, 2.05) is 13.8 Å². The van der Waals surface area contributed by atoms with Gasteiger partial charge in [-0.25, -0.2) is 4.98 Å². The van der Waals surface area contributed by atoms with Gasteiger partial charge in [-0.2, -0.15) is 4.98 Å². The molecule has 0 saturated carbocycles. The number of hydrogen-bond acceptors (Lipinski definition) is 5. The summed E-state index contributed by atoms with van der Waals surface area (Å²) in [4.78, 5) is 8.25. The third-order valence-electron chi connectivity index (χ3n) is 1.58. The second kappa shape index (κ2) is 6.19. The molecule has 0 aliphatic carbocycles. The molecule has 0 aliphatic heterocycles. The Morgan fingerprint density at radius 3 is 2.93 bits per heavy atom. The molecule has 1 aromatic rings.